The molecule has 1 unspecified atom stereocenters. The second kappa shape index (κ2) is 5.82. The molecule has 0 amide bonds. The minimum absolute atomic E-state index is 0.305. The Kier molecular flexibility index (Phi) is 4.14. The van der Waals surface area contributed by atoms with Crippen molar-refractivity contribution in [3.63, 3.8) is 0 Å². The van der Waals surface area contributed by atoms with E-state index in [2.05, 4.69) is 4.90 Å². The average Bonchev–Trinajstić information content (AvgIpc) is 2.46. The van der Waals surface area contributed by atoms with E-state index in [-0.39, 0.29) is 5.92 Å². The molecule has 104 valence electrons. The lowest BCUT2D eigenvalue weighted by atomic mass is 9.97. The van der Waals surface area contributed by atoms with E-state index in [9.17, 15) is 4.79 Å². The number of methoxy groups -OCH3 is 2. The van der Waals surface area contributed by atoms with Gasteiger partial charge >= 0.3 is 5.97 Å². The van der Waals surface area contributed by atoms with Gasteiger partial charge in [-0.15, -0.1) is 0 Å². The first-order chi connectivity index (χ1) is 9.15. The van der Waals surface area contributed by atoms with Crippen LogP contribution in [0.5, 0.6) is 11.5 Å². The molecule has 1 atom stereocenters. The topological polar surface area (TPSA) is 59.0 Å². The summed E-state index contributed by atoms with van der Waals surface area (Å²) in [6.07, 6.45) is 1.62. The molecule has 0 spiro atoms. The second-order valence-electron chi connectivity index (χ2n) is 4.66. The third-order valence-corrected chi connectivity index (χ3v) is 3.50. The van der Waals surface area contributed by atoms with E-state index in [4.69, 9.17) is 14.6 Å². The minimum Gasteiger partial charge on any atom is -0.497 e. The van der Waals surface area contributed by atoms with E-state index in [1.54, 1.807) is 14.2 Å². The van der Waals surface area contributed by atoms with Gasteiger partial charge in [-0.3, -0.25) is 4.79 Å². The third-order valence-electron chi connectivity index (χ3n) is 3.50. The molecule has 1 aromatic rings. The van der Waals surface area contributed by atoms with Crippen LogP contribution in [0.25, 0.3) is 0 Å². The Morgan fingerprint density at radius 2 is 2.16 bits per heavy atom. The quantitative estimate of drug-likeness (QED) is 0.902. The Hall–Kier alpha value is -1.91. The fraction of sp³-hybridized carbons (Fsp3) is 0.500. The van der Waals surface area contributed by atoms with E-state index in [1.165, 1.54) is 0 Å². The highest BCUT2D eigenvalue weighted by Gasteiger charge is 2.26. The molecule has 0 radical (unpaired) electrons. The molecule has 1 aromatic carbocycles. The number of ether oxygens (including phenoxy) is 2. The standard InChI is InChI=1S/C14H19NO4/c1-18-11-5-6-12(13(8-11)19-2)15-7-3-4-10(9-15)14(16)17/h5-6,8,10H,3-4,7,9H2,1-2H3,(H,16,17). The van der Waals surface area contributed by atoms with Crippen molar-refractivity contribution in [3.8, 4) is 11.5 Å². The average molecular weight is 265 g/mol. The fourth-order valence-electron chi connectivity index (χ4n) is 2.44. The van der Waals surface area contributed by atoms with Gasteiger partial charge in [0, 0.05) is 19.2 Å². The van der Waals surface area contributed by atoms with E-state index in [0.29, 0.717) is 12.3 Å². The van der Waals surface area contributed by atoms with Gasteiger partial charge in [0.1, 0.15) is 11.5 Å². The van der Waals surface area contributed by atoms with Crippen molar-refractivity contribution in [2.45, 2.75) is 12.8 Å². The molecule has 19 heavy (non-hydrogen) atoms. The molecular weight excluding hydrogens is 246 g/mol. The number of carboxylic acid groups (broad SMARTS) is 1. The molecule has 1 saturated heterocycles. The molecule has 1 N–H and O–H groups in total. The van der Waals surface area contributed by atoms with Crippen molar-refractivity contribution in [1.82, 2.24) is 0 Å². The maximum absolute atomic E-state index is 11.1. The molecule has 1 aliphatic heterocycles. The van der Waals surface area contributed by atoms with Crippen molar-refractivity contribution < 1.29 is 19.4 Å². The van der Waals surface area contributed by atoms with Gasteiger partial charge in [0.25, 0.3) is 0 Å². The van der Waals surface area contributed by atoms with Crippen LogP contribution in [-0.4, -0.2) is 38.4 Å². The molecule has 0 aliphatic carbocycles. The number of hydrogen-bond donors (Lipinski definition) is 1. The first-order valence-corrected chi connectivity index (χ1v) is 6.35. The largest absolute Gasteiger partial charge is 0.497 e. The molecule has 5 heteroatoms. The number of carbonyl (C=O) groups is 1. The molecule has 0 bridgehead atoms. The zero-order valence-electron chi connectivity index (χ0n) is 11.3. The van der Waals surface area contributed by atoms with Gasteiger partial charge in [-0.25, -0.2) is 0 Å². The summed E-state index contributed by atoms with van der Waals surface area (Å²) in [7, 11) is 3.21. The lowest BCUT2D eigenvalue weighted by Crippen LogP contribution is -2.38. The van der Waals surface area contributed by atoms with Crippen LogP contribution in [0, 0.1) is 5.92 Å². The highest BCUT2D eigenvalue weighted by atomic mass is 16.5. The minimum atomic E-state index is -0.725. The Bertz CT molecular complexity index is 461. The van der Waals surface area contributed by atoms with Crippen LogP contribution in [0.2, 0.25) is 0 Å². The lowest BCUT2D eigenvalue weighted by molar-refractivity contribution is -0.141. The van der Waals surface area contributed by atoms with E-state index in [1.807, 2.05) is 18.2 Å². The third kappa shape index (κ3) is 2.92. The summed E-state index contributed by atoms with van der Waals surface area (Å²) in [5.74, 6) is 0.413. The second-order valence-corrected chi connectivity index (χ2v) is 4.66. The van der Waals surface area contributed by atoms with Crippen molar-refractivity contribution in [2.24, 2.45) is 5.92 Å². The van der Waals surface area contributed by atoms with Gasteiger partial charge in [0.05, 0.1) is 25.8 Å². The number of hydrogen-bond acceptors (Lipinski definition) is 4. The van der Waals surface area contributed by atoms with Crippen LogP contribution in [0.15, 0.2) is 18.2 Å². The Balaban J connectivity index is 2.23. The summed E-state index contributed by atoms with van der Waals surface area (Å²) in [6, 6.07) is 5.60. The number of piperidine rings is 1. The van der Waals surface area contributed by atoms with Gasteiger partial charge in [-0.1, -0.05) is 0 Å². The Morgan fingerprint density at radius 1 is 1.37 bits per heavy atom. The number of nitrogens with zero attached hydrogens (tertiary/aromatic N) is 1. The van der Waals surface area contributed by atoms with E-state index in [0.717, 1.165) is 30.8 Å². The summed E-state index contributed by atoms with van der Waals surface area (Å²) < 4.78 is 10.5. The van der Waals surface area contributed by atoms with Gasteiger partial charge in [-0.2, -0.15) is 0 Å². The molecule has 5 nitrogen and oxygen atoms in total. The predicted octanol–water partition coefficient (Wildman–Crippen LogP) is 2.00. The first kappa shape index (κ1) is 13.5. The van der Waals surface area contributed by atoms with Crippen LogP contribution in [0.3, 0.4) is 0 Å². The highest BCUT2D eigenvalue weighted by Crippen LogP contribution is 2.34. The number of benzene rings is 1. The molecule has 1 aliphatic rings. The monoisotopic (exact) mass is 265 g/mol. The van der Waals surface area contributed by atoms with Crippen LogP contribution < -0.4 is 14.4 Å². The summed E-state index contributed by atoms with van der Waals surface area (Å²) in [4.78, 5) is 13.2. The molecule has 1 heterocycles. The van der Waals surface area contributed by atoms with Gasteiger partial charge < -0.3 is 19.5 Å². The van der Waals surface area contributed by atoms with Crippen LogP contribution in [-0.2, 0) is 4.79 Å². The van der Waals surface area contributed by atoms with Gasteiger partial charge in [0.2, 0.25) is 0 Å². The van der Waals surface area contributed by atoms with Crippen LogP contribution in [0.1, 0.15) is 12.8 Å². The molecule has 2 rings (SSSR count). The fourth-order valence-corrected chi connectivity index (χ4v) is 2.44. The molecule has 0 aromatic heterocycles. The van der Waals surface area contributed by atoms with E-state index >= 15 is 0 Å². The van der Waals surface area contributed by atoms with Crippen molar-refractivity contribution in [2.75, 3.05) is 32.2 Å². The predicted molar refractivity (Wildman–Crippen MR) is 72.1 cm³/mol. The number of carboxylic acids is 1. The summed E-state index contributed by atoms with van der Waals surface area (Å²) in [6.45, 7) is 1.38. The summed E-state index contributed by atoms with van der Waals surface area (Å²) in [5, 5.41) is 9.13. The van der Waals surface area contributed by atoms with Crippen molar-refractivity contribution >= 4 is 11.7 Å². The number of aliphatic carboxylic acids is 1. The summed E-state index contributed by atoms with van der Waals surface area (Å²) in [5.41, 5.74) is 0.925. The van der Waals surface area contributed by atoms with Crippen LogP contribution in [0.4, 0.5) is 5.69 Å². The molecular formula is C14H19NO4. The maximum atomic E-state index is 11.1. The lowest BCUT2D eigenvalue weighted by Gasteiger charge is -2.33. The van der Waals surface area contributed by atoms with Crippen molar-refractivity contribution in [3.05, 3.63) is 18.2 Å². The normalized spacial score (nSPS) is 19.1. The SMILES string of the molecule is COc1ccc(N2CCCC(C(=O)O)C2)c(OC)c1. The van der Waals surface area contributed by atoms with E-state index < -0.39 is 5.97 Å². The maximum Gasteiger partial charge on any atom is 0.308 e. The summed E-state index contributed by atoms with van der Waals surface area (Å²) >= 11 is 0. The Labute approximate surface area is 112 Å². The molecule has 0 saturated carbocycles. The van der Waals surface area contributed by atoms with Gasteiger partial charge in [0.15, 0.2) is 0 Å². The number of anilines is 1. The van der Waals surface area contributed by atoms with Crippen molar-refractivity contribution in [1.29, 1.82) is 0 Å². The smallest absolute Gasteiger partial charge is 0.308 e. The molecule has 1 fully saturated rings. The Morgan fingerprint density at radius 3 is 2.79 bits per heavy atom. The highest BCUT2D eigenvalue weighted by molar-refractivity contribution is 5.72. The zero-order valence-corrected chi connectivity index (χ0v) is 11.3. The van der Waals surface area contributed by atoms with Crippen LogP contribution >= 0.6 is 0 Å². The zero-order chi connectivity index (χ0) is 13.8. The first-order valence-electron chi connectivity index (χ1n) is 6.35. The number of rotatable bonds is 4. The van der Waals surface area contributed by atoms with Gasteiger partial charge in [-0.05, 0) is 25.0 Å².